The van der Waals surface area contributed by atoms with Gasteiger partial charge < -0.3 is 0 Å². The molecule has 0 atom stereocenters. The summed E-state index contributed by atoms with van der Waals surface area (Å²) in [5.74, 6) is 5.88. The van der Waals surface area contributed by atoms with Gasteiger partial charge in [-0.1, -0.05) is 29.5 Å². The maximum absolute atomic E-state index is 8.37. The Kier molecular flexibility index (Phi) is 3.32. The SMILES string of the molecule is Cc1cc(C)c(C#CCC#N)c(C)c1. The van der Waals surface area contributed by atoms with Crippen LogP contribution in [0.25, 0.3) is 0 Å². The van der Waals surface area contributed by atoms with Crippen molar-refractivity contribution >= 4 is 0 Å². The number of nitriles is 1. The van der Waals surface area contributed by atoms with Crippen molar-refractivity contribution in [2.24, 2.45) is 0 Å². The molecule has 14 heavy (non-hydrogen) atoms. The van der Waals surface area contributed by atoms with Crippen molar-refractivity contribution in [1.29, 1.82) is 5.26 Å². The lowest BCUT2D eigenvalue weighted by molar-refractivity contribution is 1.29. The number of hydrogen-bond donors (Lipinski definition) is 0. The average molecular weight is 183 g/mol. The maximum Gasteiger partial charge on any atom is 0.0966 e. The minimum Gasteiger partial charge on any atom is -0.197 e. The van der Waals surface area contributed by atoms with Crippen LogP contribution in [0.3, 0.4) is 0 Å². The highest BCUT2D eigenvalue weighted by atomic mass is 14.2. The van der Waals surface area contributed by atoms with Crippen LogP contribution in [0.2, 0.25) is 0 Å². The average Bonchev–Trinajstić information content (AvgIpc) is 2.09. The van der Waals surface area contributed by atoms with E-state index >= 15 is 0 Å². The van der Waals surface area contributed by atoms with E-state index in [1.165, 1.54) is 16.7 Å². The van der Waals surface area contributed by atoms with Gasteiger partial charge in [0.15, 0.2) is 0 Å². The molecule has 0 aliphatic rings. The fourth-order valence-corrected chi connectivity index (χ4v) is 1.55. The fraction of sp³-hybridized carbons (Fsp3) is 0.308. The molecule has 1 nitrogen and oxygen atoms in total. The summed E-state index contributed by atoms with van der Waals surface area (Å²) < 4.78 is 0. The van der Waals surface area contributed by atoms with E-state index in [1.807, 2.05) is 6.07 Å². The van der Waals surface area contributed by atoms with Crippen molar-refractivity contribution in [3.05, 3.63) is 34.4 Å². The second-order valence-electron chi connectivity index (χ2n) is 3.41. The van der Waals surface area contributed by atoms with Gasteiger partial charge in [-0.2, -0.15) is 5.26 Å². The Balaban J connectivity index is 3.12. The molecule has 0 aliphatic carbocycles. The van der Waals surface area contributed by atoms with Gasteiger partial charge in [-0.15, -0.1) is 0 Å². The van der Waals surface area contributed by atoms with Gasteiger partial charge in [0.25, 0.3) is 0 Å². The molecule has 0 aliphatic heterocycles. The normalized spacial score (nSPS) is 8.71. The largest absolute Gasteiger partial charge is 0.197 e. The number of benzene rings is 1. The zero-order valence-electron chi connectivity index (χ0n) is 8.81. The van der Waals surface area contributed by atoms with E-state index in [0.29, 0.717) is 6.42 Å². The van der Waals surface area contributed by atoms with Crippen molar-refractivity contribution in [1.82, 2.24) is 0 Å². The van der Waals surface area contributed by atoms with Gasteiger partial charge in [0.05, 0.1) is 12.5 Å². The molecular formula is C13H13N. The monoisotopic (exact) mass is 183 g/mol. The van der Waals surface area contributed by atoms with E-state index in [-0.39, 0.29) is 0 Å². The molecule has 0 N–H and O–H groups in total. The Hall–Kier alpha value is -1.73. The van der Waals surface area contributed by atoms with Gasteiger partial charge in [-0.3, -0.25) is 0 Å². The van der Waals surface area contributed by atoms with Crippen LogP contribution in [0.1, 0.15) is 28.7 Å². The molecule has 0 unspecified atom stereocenters. The van der Waals surface area contributed by atoms with Crippen molar-refractivity contribution in [2.75, 3.05) is 0 Å². The van der Waals surface area contributed by atoms with Crippen molar-refractivity contribution in [3.8, 4) is 17.9 Å². The minimum absolute atomic E-state index is 0.298. The smallest absolute Gasteiger partial charge is 0.0966 e. The quantitative estimate of drug-likeness (QED) is 0.567. The molecule has 0 bridgehead atoms. The van der Waals surface area contributed by atoms with E-state index in [1.54, 1.807) is 0 Å². The van der Waals surface area contributed by atoms with Gasteiger partial charge in [-0.25, -0.2) is 0 Å². The minimum atomic E-state index is 0.298. The molecule has 0 fully saturated rings. The lowest BCUT2D eigenvalue weighted by Gasteiger charge is -2.04. The first-order valence-corrected chi connectivity index (χ1v) is 4.59. The first-order chi connectivity index (χ1) is 6.65. The maximum atomic E-state index is 8.37. The molecule has 1 aromatic rings. The Labute approximate surface area is 85.4 Å². The standard InChI is InChI=1S/C13H13N/c1-10-8-11(2)13(12(3)9-10)6-4-5-7-14/h8-9H,5H2,1-3H3. The molecule has 0 spiro atoms. The third-order valence-corrected chi connectivity index (χ3v) is 2.06. The Morgan fingerprint density at radius 3 is 2.21 bits per heavy atom. The molecule has 1 heteroatoms. The second-order valence-corrected chi connectivity index (χ2v) is 3.41. The summed E-state index contributed by atoms with van der Waals surface area (Å²) in [6, 6.07) is 6.24. The van der Waals surface area contributed by atoms with Crippen LogP contribution < -0.4 is 0 Å². The predicted octanol–water partition coefficient (Wildman–Crippen LogP) is 2.88. The lowest BCUT2D eigenvalue weighted by atomic mass is 10.0. The summed E-state index contributed by atoms with van der Waals surface area (Å²) >= 11 is 0. The number of aryl methyl sites for hydroxylation is 3. The first-order valence-electron chi connectivity index (χ1n) is 4.59. The van der Waals surface area contributed by atoms with Crippen molar-refractivity contribution in [3.63, 3.8) is 0 Å². The molecule has 0 amide bonds. The summed E-state index contributed by atoms with van der Waals surface area (Å²) in [5, 5.41) is 8.37. The third kappa shape index (κ3) is 2.38. The van der Waals surface area contributed by atoms with Crippen LogP contribution in [-0.2, 0) is 0 Å². The van der Waals surface area contributed by atoms with Crippen LogP contribution in [0.4, 0.5) is 0 Å². The third-order valence-electron chi connectivity index (χ3n) is 2.06. The van der Waals surface area contributed by atoms with E-state index < -0.39 is 0 Å². The number of nitrogens with zero attached hydrogens (tertiary/aromatic N) is 1. The topological polar surface area (TPSA) is 23.8 Å². The van der Waals surface area contributed by atoms with E-state index in [2.05, 4.69) is 44.7 Å². The van der Waals surface area contributed by atoms with Crippen molar-refractivity contribution in [2.45, 2.75) is 27.2 Å². The van der Waals surface area contributed by atoms with Crippen molar-refractivity contribution < 1.29 is 0 Å². The molecular weight excluding hydrogens is 170 g/mol. The summed E-state index contributed by atoms with van der Waals surface area (Å²) in [4.78, 5) is 0. The molecule has 70 valence electrons. The molecule has 0 heterocycles. The van der Waals surface area contributed by atoms with Gasteiger partial charge in [-0.05, 0) is 31.9 Å². The number of hydrogen-bond acceptors (Lipinski definition) is 1. The Morgan fingerprint density at radius 1 is 1.14 bits per heavy atom. The summed E-state index contributed by atoms with van der Waals surface area (Å²) in [6.07, 6.45) is 0.298. The first kappa shape index (κ1) is 10.4. The molecule has 1 aromatic carbocycles. The van der Waals surface area contributed by atoms with Gasteiger partial charge in [0, 0.05) is 5.56 Å². The zero-order chi connectivity index (χ0) is 10.6. The molecule has 0 radical (unpaired) electrons. The predicted molar refractivity (Wildman–Crippen MR) is 57.8 cm³/mol. The Morgan fingerprint density at radius 2 is 1.71 bits per heavy atom. The molecule has 0 saturated heterocycles. The number of rotatable bonds is 0. The van der Waals surface area contributed by atoms with E-state index in [9.17, 15) is 0 Å². The van der Waals surface area contributed by atoms with Crippen LogP contribution >= 0.6 is 0 Å². The van der Waals surface area contributed by atoms with Gasteiger partial charge in [0.1, 0.15) is 0 Å². The highest BCUT2D eigenvalue weighted by Gasteiger charge is 1.99. The van der Waals surface area contributed by atoms with Crippen LogP contribution in [0.15, 0.2) is 12.1 Å². The summed E-state index contributed by atoms with van der Waals surface area (Å²) in [5.41, 5.74) is 4.69. The van der Waals surface area contributed by atoms with Crippen LogP contribution in [-0.4, -0.2) is 0 Å². The summed E-state index contributed by atoms with van der Waals surface area (Å²) in [7, 11) is 0. The highest BCUT2D eigenvalue weighted by Crippen LogP contribution is 2.14. The highest BCUT2D eigenvalue weighted by molar-refractivity contribution is 5.48. The molecule has 0 aromatic heterocycles. The second kappa shape index (κ2) is 4.49. The van der Waals surface area contributed by atoms with Crippen LogP contribution in [0, 0.1) is 43.9 Å². The van der Waals surface area contributed by atoms with E-state index in [4.69, 9.17) is 5.26 Å². The molecule has 0 saturated carbocycles. The van der Waals surface area contributed by atoms with Gasteiger partial charge in [0.2, 0.25) is 0 Å². The van der Waals surface area contributed by atoms with E-state index in [0.717, 1.165) is 5.56 Å². The van der Waals surface area contributed by atoms with Gasteiger partial charge >= 0.3 is 0 Å². The Bertz CT molecular complexity index is 416. The lowest BCUT2D eigenvalue weighted by Crippen LogP contribution is -1.89. The summed E-state index contributed by atoms with van der Waals surface area (Å²) in [6.45, 7) is 6.18. The van der Waals surface area contributed by atoms with Crippen LogP contribution in [0.5, 0.6) is 0 Å². The fourth-order valence-electron chi connectivity index (χ4n) is 1.55. The zero-order valence-corrected chi connectivity index (χ0v) is 8.81. The molecule has 1 rings (SSSR count).